The molecule has 0 bridgehead atoms. The molecule has 0 spiro atoms. The van der Waals surface area contributed by atoms with E-state index < -0.39 is 0 Å². The monoisotopic (exact) mass is 369 g/mol. The second kappa shape index (κ2) is 7.72. The van der Waals surface area contributed by atoms with Gasteiger partial charge in [-0.25, -0.2) is 9.97 Å². The van der Waals surface area contributed by atoms with Crippen molar-refractivity contribution in [2.75, 3.05) is 33.4 Å². The smallest absolute Gasteiger partial charge is 0.257 e. The third kappa shape index (κ3) is 4.00. The number of aromatic nitrogens is 2. The summed E-state index contributed by atoms with van der Waals surface area (Å²) < 4.78 is 16.5. The number of hydrogen-bond acceptors (Lipinski definition) is 6. The van der Waals surface area contributed by atoms with Crippen molar-refractivity contribution in [1.82, 2.24) is 14.9 Å². The topological polar surface area (TPSA) is 56.7 Å². The predicted molar refractivity (Wildman–Crippen MR) is 103 cm³/mol. The SMILES string of the molecule is COc1cc(C[C@@H]2CCN([C@H](C)c3ccc4c(n3)OCCO4)C2)cc(C)n1. The predicted octanol–water partition coefficient (Wildman–Crippen LogP) is 3.19. The van der Waals surface area contributed by atoms with Gasteiger partial charge in [0.2, 0.25) is 5.88 Å². The van der Waals surface area contributed by atoms with E-state index in [0.717, 1.165) is 36.6 Å². The van der Waals surface area contributed by atoms with E-state index in [-0.39, 0.29) is 6.04 Å². The Morgan fingerprint density at radius 3 is 2.93 bits per heavy atom. The van der Waals surface area contributed by atoms with Crippen LogP contribution in [-0.4, -0.2) is 48.3 Å². The number of ether oxygens (including phenoxy) is 3. The Kier molecular flexibility index (Phi) is 5.16. The van der Waals surface area contributed by atoms with Gasteiger partial charge in [0, 0.05) is 24.3 Å². The zero-order chi connectivity index (χ0) is 18.8. The summed E-state index contributed by atoms with van der Waals surface area (Å²) in [5, 5.41) is 0. The number of hydrogen-bond donors (Lipinski definition) is 0. The average molecular weight is 369 g/mol. The normalized spacial score (nSPS) is 20.5. The van der Waals surface area contributed by atoms with Crippen LogP contribution in [0.1, 0.15) is 36.3 Å². The lowest BCUT2D eigenvalue weighted by Gasteiger charge is -2.25. The number of nitrogens with zero attached hydrogens (tertiary/aromatic N) is 3. The summed E-state index contributed by atoms with van der Waals surface area (Å²) in [7, 11) is 1.67. The van der Waals surface area contributed by atoms with Gasteiger partial charge in [-0.1, -0.05) is 0 Å². The van der Waals surface area contributed by atoms with Gasteiger partial charge in [0.25, 0.3) is 5.88 Å². The molecule has 2 aliphatic heterocycles. The molecule has 4 rings (SSSR count). The van der Waals surface area contributed by atoms with Gasteiger partial charge in [-0.15, -0.1) is 0 Å². The molecule has 1 fully saturated rings. The van der Waals surface area contributed by atoms with Gasteiger partial charge in [0.1, 0.15) is 13.2 Å². The van der Waals surface area contributed by atoms with Crippen molar-refractivity contribution in [2.45, 2.75) is 32.7 Å². The maximum absolute atomic E-state index is 5.64. The van der Waals surface area contributed by atoms with Crippen LogP contribution in [0.3, 0.4) is 0 Å². The van der Waals surface area contributed by atoms with Crippen LogP contribution in [-0.2, 0) is 6.42 Å². The molecule has 2 aromatic heterocycles. The Morgan fingerprint density at radius 1 is 1.22 bits per heavy atom. The average Bonchev–Trinajstić information content (AvgIpc) is 3.15. The highest BCUT2D eigenvalue weighted by molar-refractivity contribution is 5.36. The zero-order valence-corrected chi connectivity index (χ0v) is 16.3. The first kappa shape index (κ1) is 18.0. The van der Waals surface area contributed by atoms with Crippen molar-refractivity contribution in [3.63, 3.8) is 0 Å². The molecule has 0 unspecified atom stereocenters. The lowest BCUT2D eigenvalue weighted by Crippen LogP contribution is -2.26. The Balaban J connectivity index is 1.41. The maximum Gasteiger partial charge on any atom is 0.257 e. The van der Waals surface area contributed by atoms with E-state index in [9.17, 15) is 0 Å². The first-order valence-electron chi connectivity index (χ1n) is 9.64. The van der Waals surface area contributed by atoms with Crippen LogP contribution >= 0.6 is 0 Å². The highest BCUT2D eigenvalue weighted by Gasteiger charge is 2.28. The fraction of sp³-hybridized carbons (Fsp3) is 0.524. The maximum atomic E-state index is 5.64. The van der Waals surface area contributed by atoms with E-state index in [1.807, 2.05) is 13.0 Å². The minimum Gasteiger partial charge on any atom is -0.484 e. The quantitative estimate of drug-likeness (QED) is 0.807. The standard InChI is InChI=1S/C21H27N3O3/c1-14-10-17(12-20(22-14)25-3)11-16-6-7-24(13-16)15(2)18-4-5-19-21(23-18)27-9-8-26-19/h4-5,10,12,15-16H,6-9,11,13H2,1-3H3/t15-,16+/m1/s1. The van der Waals surface area contributed by atoms with Gasteiger partial charge < -0.3 is 14.2 Å². The highest BCUT2D eigenvalue weighted by atomic mass is 16.6. The van der Waals surface area contributed by atoms with Crippen LogP contribution in [0.4, 0.5) is 0 Å². The number of rotatable bonds is 5. The highest BCUT2D eigenvalue weighted by Crippen LogP contribution is 2.33. The van der Waals surface area contributed by atoms with E-state index in [1.54, 1.807) is 7.11 Å². The van der Waals surface area contributed by atoms with E-state index >= 15 is 0 Å². The van der Waals surface area contributed by atoms with Gasteiger partial charge >= 0.3 is 0 Å². The molecule has 0 saturated carbocycles. The summed E-state index contributed by atoms with van der Waals surface area (Å²) in [6, 6.07) is 8.52. The summed E-state index contributed by atoms with van der Waals surface area (Å²) in [6.07, 6.45) is 2.25. The van der Waals surface area contributed by atoms with Crippen LogP contribution < -0.4 is 14.2 Å². The Hall–Kier alpha value is -2.34. The number of likely N-dealkylation sites (tertiary alicyclic amines) is 1. The van der Waals surface area contributed by atoms with Crippen molar-refractivity contribution < 1.29 is 14.2 Å². The zero-order valence-electron chi connectivity index (χ0n) is 16.3. The molecule has 6 nitrogen and oxygen atoms in total. The summed E-state index contributed by atoms with van der Waals surface area (Å²) in [6.45, 7) is 7.56. The largest absolute Gasteiger partial charge is 0.484 e. The molecule has 144 valence electrons. The molecular formula is C21H27N3O3. The molecule has 1 saturated heterocycles. The molecule has 2 aliphatic rings. The van der Waals surface area contributed by atoms with Gasteiger partial charge in [0.05, 0.1) is 12.8 Å². The van der Waals surface area contributed by atoms with Crippen LogP contribution in [0.15, 0.2) is 24.3 Å². The van der Waals surface area contributed by atoms with Crippen LogP contribution in [0.25, 0.3) is 0 Å². The van der Waals surface area contributed by atoms with Crippen molar-refractivity contribution in [3.8, 4) is 17.5 Å². The second-order valence-corrected chi connectivity index (χ2v) is 7.43. The fourth-order valence-corrected chi connectivity index (χ4v) is 4.01. The minimum atomic E-state index is 0.263. The third-order valence-electron chi connectivity index (χ3n) is 5.44. The van der Waals surface area contributed by atoms with Gasteiger partial charge in [-0.05, 0) is 62.9 Å². The van der Waals surface area contributed by atoms with Gasteiger partial charge in [-0.2, -0.15) is 0 Å². The van der Waals surface area contributed by atoms with Crippen molar-refractivity contribution in [1.29, 1.82) is 0 Å². The summed E-state index contributed by atoms with van der Waals surface area (Å²) >= 11 is 0. The first-order chi connectivity index (χ1) is 13.1. The second-order valence-electron chi connectivity index (χ2n) is 7.43. The molecule has 0 aromatic carbocycles. The summed E-state index contributed by atoms with van der Waals surface area (Å²) in [5.74, 6) is 2.71. The number of methoxy groups -OCH3 is 1. The van der Waals surface area contributed by atoms with Crippen LogP contribution in [0.5, 0.6) is 17.5 Å². The van der Waals surface area contributed by atoms with Crippen LogP contribution in [0.2, 0.25) is 0 Å². The number of fused-ring (bicyclic) bond motifs is 1. The van der Waals surface area contributed by atoms with Crippen LogP contribution in [0, 0.1) is 12.8 Å². The van der Waals surface area contributed by atoms with E-state index in [1.165, 1.54) is 12.0 Å². The van der Waals surface area contributed by atoms with Gasteiger partial charge in [0.15, 0.2) is 5.75 Å². The molecule has 0 N–H and O–H groups in total. The third-order valence-corrected chi connectivity index (χ3v) is 5.44. The molecule has 4 heterocycles. The lowest BCUT2D eigenvalue weighted by molar-refractivity contribution is 0.162. The molecule has 27 heavy (non-hydrogen) atoms. The lowest BCUT2D eigenvalue weighted by atomic mass is 9.99. The van der Waals surface area contributed by atoms with Crippen molar-refractivity contribution >= 4 is 0 Å². The van der Waals surface area contributed by atoms with Gasteiger partial charge in [-0.3, -0.25) is 4.90 Å². The Bertz CT molecular complexity index is 811. The summed E-state index contributed by atoms with van der Waals surface area (Å²) in [4.78, 5) is 11.6. The Labute approximate surface area is 160 Å². The molecular weight excluding hydrogens is 342 g/mol. The summed E-state index contributed by atoms with van der Waals surface area (Å²) in [5.41, 5.74) is 3.35. The molecule has 2 aromatic rings. The Morgan fingerprint density at radius 2 is 2.07 bits per heavy atom. The minimum absolute atomic E-state index is 0.263. The van der Waals surface area contributed by atoms with Crippen molar-refractivity contribution in [3.05, 3.63) is 41.2 Å². The number of pyridine rings is 2. The molecule has 2 atom stereocenters. The molecule has 0 radical (unpaired) electrons. The first-order valence-corrected chi connectivity index (χ1v) is 9.64. The molecule has 0 aliphatic carbocycles. The van der Waals surface area contributed by atoms with E-state index in [4.69, 9.17) is 14.2 Å². The fourth-order valence-electron chi connectivity index (χ4n) is 4.01. The van der Waals surface area contributed by atoms with E-state index in [2.05, 4.69) is 40.0 Å². The number of aryl methyl sites for hydroxylation is 1. The molecule has 0 amide bonds. The molecule has 6 heteroatoms. The van der Waals surface area contributed by atoms with Crippen molar-refractivity contribution in [2.24, 2.45) is 5.92 Å². The van der Waals surface area contributed by atoms with E-state index in [0.29, 0.717) is 30.9 Å².